The van der Waals surface area contributed by atoms with Crippen LogP contribution in [0.2, 0.25) is 0 Å². The van der Waals surface area contributed by atoms with E-state index < -0.39 is 6.04 Å². The van der Waals surface area contributed by atoms with Gasteiger partial charge in [-0.15, -0.1) is 0 Å². The second-order valence-corrected chi connectivity index (χ2v) is 9.90. The molecule has 32 heavy (non-hydrogen) atoms. The number of rotatable bonds is 8. The fourth-order valence-corrected chi connectivity index (χ4v) is 4.39. The zero-order valence-electron chi connectivity index (χ0n) is 19.9. The highest BCUT2D eigenvalue weighted by Gasteiger charge is 2.44. The Hall–Kier alpha value is -2.63. The van der Waals surface area contributed by atoms with Gasteiger partial charge in [0.05, 0.1) is 18.7 Å². The van der Waals surface area contributed by atoms with E-state index in [-0.39, 0.29) is 29.6 Å². The van der Waals surface area contributed by atoms with Crippen molar-refractivity contribution < 1.29 is 19.1 Å². The standard InChI is InChI=1S/C26H36N2O4/c1-5-32-21-13-11-20(12-14-21)28-23(29)17-22(25(28)31)27(24(30)18-26(2,3)4)16-15-19-9-7-6-8-10-19/h9,11-14,22H,5-8,10,15-18H2,1-4H3. The molecule has 1 aliphatic heterocycles. The lowest BCUT2D eigenvalue weighted by atomic mass is 9.91. The van der Waals surface area contributed by atoms with Gasteiger partial charge in [-0.3, -0.25) is 14.4 Å². The van der Waals surface area contributed by atoms with E-state index in [9.17, 15) is 14.4 Å². The molecule has 1 aromatic carbocycles. The molecule has 1 aromatic rings. The van der Waals surface area contributed by atoms with Gasteiger partial charge in [0, 0.05) is 13.0 Å². The molecule has 6 nitrogen and oxygen atoms in total. The molecule has 0 bridgehead atoms. The monoisotopic (exact) mass is 440 g/mol. The number of amides is 3. The lowest BCUT2D eigenvalue weighted by molar-refractivity contribution is -0.139. The van der Waals surface area contributed by atoms with Gasteiger partial charge in [0.2, 0.25) is 11.8 Å². The van der Waals surface area contributed by atoms with E-state index in [0.717, 1.165) is 19.3 Å². The third kappa shape index (κ3) is 5.99. The highest BCUT2D eigenvalue weighted by molar-refractivity contribution is 6.23. The van der Waals surface area contributed by atoms with Crippen LogP contribution in [0.25, 0.3) is 0 Å². The average molecular weight is 441 g/mol. The van der Waals surface area contributed by atoms with Crippen LogP contribution in [0, 0.1) is 5.41 Å². The average Bonchev–Trinajstić information content (AvgIpc) is 3.02. The van der Waals surface area contributed by atoms with Crippen molar-refractivity contribution in [1.82, 2.24) is 4.90 Å². The summed E-state index contributed by atoms with van der Waals surface area (Å²) in [6, 6.07) is 6.21. The topological polar surface area (TPSA) is 66.9 Å². The number of benzene rings is 1. The summed E-state index contributed by atoms with van der Waals surface area (Å²) in [4.78, 5) is 42.3. The maximum atomic E-state index is 13.4. The van der Waals surface area contributed by atoms with Crippen LogP contribution in [0.5, 0.6) is 5.75 Å². The van der Waals surface area contributed by atoms with Gasteiger partial charge in [-0.1, -0.05) is 32.4 Å². The van der Waals surface area contributed by atoms with E-state index in [1.807, 2.05) is 27.7 Å². The summed E-state index contributed by atoms with van der Waals surface area (Å²) in [5, 5.41) is 0. The predicted octanol–water partition coefficient (Wildman–Crippen LogP) is 4.87. The van der Waals surface area contributed by atoms with E-state index in [1.165, 1.54) is 23.3 Å². The zero-order valence-corrected chi connectivity index (χ0v) is 19.9. The van der Waals surface area contributed by atoms with Crippen molar-refractivity contribution in [3.63, 3.8) is 0 Å². The van der Waals surface area contributed by atoms with Gasteiger partial charge in [0.1, 0.15) is 11.8 Å². The van der Waals surface area contributed by atoms with Gasteiger partial charge in [0.15, 0.2) is 0 Å². The highest BCUT2D eigenvalue weighted by atomic mass is 16.5. The van der Waals surface area contributed by atoms with Crippen LogP contribution in [0.3, 0.4) is 0 Å². The van der Waals surface area contributed by atoms with Crippen LogP contribution in [-0.4, -0.2) is 41.8 Å². The van der Waals surface area contributed by atoms with Crippen molar-refractivity contribution in [1.29, 1.82) is 0 Å². The van der Waals surface area contributed by atoms with Gasteiger partial charge in [0.25, 0.3) is 5.91 Å². The van der Waals surface area contributed by atoms with Crippen LogP contribution < -0.4 is 9.64 Å². The molecule has 1 aliphatic carbocycles. The van der Waals surface area contributed by atoms with E-state index in [0.29, 0.717) is 31.0 Å². The number of ether oxygens (including phenoxy) is 1. The first-order chi connectivity index (χ1) is 15.2. The number of allylic oxidation sites excluding steroid dienone is 1. The zero-order chi connectivity index (χ0) is 23.3. The molecule has 0 saturated carbocycles. The molecule has 0 radical (unpaired) electrons. The van der Waals surface area contributed by atoms with Gasteiger partial charge in [-0.2, -0.15) is 0 Å². The molecule has 3 rings (SSSR count). The summed E-state index contributed by atoms with van der Waals surface area (Å²) >= 11 is 0. The molecule has 1 fully saturated rings. The number of hydrogen-bond acceptors (Lipinski definition) is 4. The minimum atomic E-state index is -0.742. The summed E-state index contributed by atoms with van der Waals surface area (Å²) in [5.74, 6) is 0.0388. The molecule has 1 atom stereocenters. The molecule has 1 heterocycles. The fraction of sp³-hybridized carbons (Fsp3) is 0.577. The molecule has 1 saturated heterocycles. The summed E-state index contributed by atoms with van der Waals surface area (Å²) in [7, 11) is 0. The Morgan fingerprint density at radius 3 is 2.47 bits per heavy atom. The first-order valence-corrected chi connectivity index (χ1v) is 11.8. The lowest BCUT2D eigenvalue weighted by Crippen LogP contribution is -2.47. The quantitative estimate of drug-likeness (QED) is 0.427. The normalized spacial score (nSPS) is 19.2. The maximum absolute atomic E-state index is 13.4. The molecule has 2 aliphatic rings. The van der Waals surface area contributed by atoms with Crippen LogP contribution in [0.4, 0.5) is 5.69 Å². The van der Waals surface area contributed by atoms with Crippen LogP contribution in [-0.2, 0) is 14.4 Å². The van der Waals surface area contributed by atoms with Gasteiger partial charge >= 0.3 is 0 Å². The number of imide groups is 1. The summed E-state index contributed by atoms with van der Waals surface area (Å²) in [6.07, 6.45) is 7.92. The third-order valence-corrected chi connectivity index (χ3v) is 5.97. The Bertz CT molecular complexity index is 867. The summed E-state index contributed by atoms with van der Waals surface area (Å²) in [5.41, 5.74) is 1.68. The van der Waals surface area contributed by atoms with Crippen LogP contribution in [0.15, 0.2) is 35.9 Å². The van der Waals surface area contributed by atoms with Crippen molar-refractivity contribution in [2.24, 2.45) is 5.41 Å². The number of carbonyl (C=O) groups is 3. The van der Waals surface area contributed by atoms with E-state index >= 15 is 0 Å². The first-order valence-electron chi connectivity index (χ1n) is 11.8. The SMILES string of the molecule is CCOc1ccc(N2C(=O)CC(N(CCC3=CCCCC3)C(=O)CC(C)(C)C)C2=O)cc1. The van der Waals surface area contributed by atoms with Gasteiger partial charge < -0.3 is 9.64 Å². The Kier molecular flexibility index (Phi) is 7.75. The van der Waals surface area contributed by atoms with Crippen molar-refractivity contribution in [2.45, 2.75) is 78.7 Å². The van der Waals surface area contributed by atoms with Crippen LogP contribution >= 0.6 is 0 Å². The molecule has 0 spiro atoms. The summed E-state index contributed by atoms with van der Waals surface area (Å²) < 4.78 is 5.46. The van der Waals surface area contributed by atoms with Crippen molar-refractivity contribution >= 4 is 23.4 Å². The molecule has 3 amide bonds. The Labute approximate surface area is 191 Å². The predicted molar refractivity (Wildman–Crippen MR) is 125 cm³/mol. The maximum Gasteiger partial charge on any atom is 0.257 e. The second-order valence-electron chi connectivity index (χ2n) is 9.90. The smallest absolute Gasteiger partial charge is 0.257 e. The number of nitrogens with zero attached hydrogens (tertiary/aromatic N) is 2. The van der Waals surface area contributed by atoms with E-state index in [1.54, 1.807) is 29.2 Å². The third-order valence-electron chi connectivity index (χ3n) is 5.97. The molecule has 1 unspecified atom stereocenters. The Balaban J connectivity index is 1.79. The first kappa shape index (κ1) is 24.0. The lowest BCUT2D eigenvalue weighted by Gasteiger charge is -2.31. The highest BCUT2D eigenvalue weighted by Crippen LogP contribution is 2.30. The number of anilines is 1. The minimum absolute atomic E-state index is 0.0287. The van der Waals surface area contributed by atoms with Crippen LogP contribution in [0.1, 0.15) is 72.6 Å². The van der Waals surface area contributed by atoms with Crippen molar-refractivity contribution in [3.05, 3.63) is 35.9 Å². The molecule has 0 N–H and O–H groups in total. The Morgan fingerprint density at radius 1 is 1.16 bits per heavy atom. The molecular formula is C26H36N2O4. The molecule has 6 heteroatoms. The van der Waals surface area contributed by atoms with Crippen molar-refractivity contribution in [3.8, 4) is 5.75 Å². The molecular weight excluding hydrogens is 404 g/mol. The van der Waals surface area contributed by atoms with E-state index in [4.69, 9.17) is 4.74 Å². The van der Waals surface area contributed by atoms with E-state index in [2.05, 4.69) is 6.08 Å². The second kappa shape index (κ2) is 10.3. The minimum Gasteiger partial charge on any atom is -0.494 e. The molecule has 174 valence electrons. The summed E-state index contributed by atoms with van der Waals surface area (Å²) in [6.45, 7) is 8.96. The fourth-order valence-electron chi connectivity index (χ4n) is 4.39. The van der Waals surface area contributed by atoms with Gasteiger partial charge in [-0.25, -0.2) is 4.90 Å². The largest absolute Gasteiger partial charge is 0.494 e. The Morgan fingerprint density at radius 2 is 1.88 bits per heavy atom. The van der Waals surface area contributed by atoms with Gasteiger partial charge in [-0.05, 0) is 68.7 Å². The molecule has 0 aromatic heterocycles. The number of hydrogen-bond donors (Lipinski definition) is 0. The number of carbonyl (C=O) groups excluding carboxylic acids is 3. The van der Waals surface area contributed by atoms with Crippen molar-refractivity contribution in [2.75, 3.05) is 18.1 Å².